The molecule has 1 aliphatic heterocycles. The molecule has 28 heavy (non-hydrogen) atoms. The molecule has 0 atom stereocenters. The maximum atomic E-state index is 13.0. The monoisotopic (exact) mass is 395 g/mol. The molecule has 0 radical (unpaired) electrons. The van der Waals surface area contributed by atoms with Crippen molar-refractivity contribution in [3.05, 3.63) is 56.7 Å². The molecule has 2 aromatic heterocycles. The summed E-state index contributed by atoms with van der Waals surface area (Å²) in [6.45, 7) is 4.47. The van der Waals surface area contributed by atoms with Crippen molar-refractivity contribution in [2.45, 2.75) is 32.2 Å². The van der Waals surface area contributed by atoms with Gasteiger partial charge in [-0.3, -0.25) is 9.69 Å². The number of hydrogen-bond acceptors (Lipinski definition) is 6. The molecule has 1 aliphatic carbocycles. The van der Waals surface area contributed by atoms with Gasteiger partial charge in [-0.2, -0.15) is 4.68 Å². The summed E-state index contributed by atoms with van der Waals surface area (Å²) in [5.74, 6) is 6.83. The van der Waals surface area contributed by atoms with Crippen molar-refractivity contribution < 1.29 is 0 Å². The van der Waals surface area contributed by atoms with Crippen molar-refractivity contribution in [1.29, 1.82) is 0 Å². The van der Waals surface area contributed by atoms with Gasteiger partial charge in [0.15, 0.2) is 0 Å². The third-order valence-electron chi connectivity index (χ3n) is 5.91. The van der Waals surface area contributed by atoms with E-state index in [4.69, 9.17) is 10.8 Å². The maximum Gasteiger partial charge on any atom is 0.282 e. The van der Waals surface area contributed by atoms with E-state index in [9.17, 15) is 4.79 Å². The zero-order valence-corrected chi connectivity index (χ0v) is 16.7. The Morgan fingerprint density at radius 2 is 1.79 bits per heavy atom. The Kier molecular flexibility index (Phi) is 4.56. The SMILES string of the molecule is Nn1c(N2CCN(Cc3ccccc3)CC2)nc2sc3c(c2c1=O)CCCC3. The Balaban J connectivity index is 1.38. The minimum absolute atomic E-state index is 0.0916. The fraction of sp³-hybridized carbons (Fsp3) is 0.429. The average Bonchev–Trinajstić information content (AvgIpc) is 3.11. The molecule has 0 amide bonds. The van der Waals surface area contributed by atoms with Crippen LogP contribution in [0.5, 0.6) is 0 Å². The first kappa shape index (κ1) is 17.7. The van der Waals surface area contributed by atoms with Crippen LogP contribution in [0.4, 0.5) is 5.95 Å². The summed E-state index contributed by atoms with van der Waals surface area (Å²) in [4.78, 5) is 24.6. The highest BCUT2D eigenvalue weighted by Crippen LogP contribution is 2.34. The van der Waals surface area contributed by atoms with Gasteiger partial charge in [-0.1, -0.05) is 30.3 Å². The summed E-state index contributed by atoms with van der Waals surface area (Å²) < 4.78 is 1.27. The number of benzene rings is 1. The largest absolute Gasteiger partial charge is 0.338 e. The van der Waals surface area contributed by atoms with Gasteiger partial charge in [-0.25, -0.2) is 4.98 Å². The normalized spacial score (nSPS) is 17.8. The van der Waals surface area contributed by atoms with Crippen molar-refractivity contribution in [2.24, 2.45) is 0 Å². The standard InChI is InChI=1S/C21H25N5OS/c22-26-20(27)18-16-8-4-5-9-17(16)28-19(18)23-21(26)25-12-10-24(11-13-25)14-15-6-2-1-3-7-15/h1-3,6-7H,4-5,8-14,22H2. The Bertz CT molecular complexity index is 1050. The van der Waals surface area contributed by atoms with Crippen molar-refractivity contribution >= 4 is 27.5 Å². The molecule has 1 aromatic carbocycles. The number of nitrogen functional groups attached to an aromatic ring is 1. The van der Waals surface area contributed by atoms with Crippen molar-refractivity contribution in [2.75, 3.05) is 36.9 Å². The molecule has 3 aromatic rings. The average molecular weight is 396 g/mol. The van der Waals surface area contributed by atoms with Gasteiger partial charge >= 0.3 is 0 Å². The molecule has 0 bridgehead atoms. The quantitative estimate of drug-likeness (QED) is 0.690. The molecule has 3 heterocycles. The van der Waals surface area contributed by atoms with Crippen molar-refractivity contribution in [3.8, 4) is 0 Å². The molecule has 146 valence electrons. The number of aromatic nitrogens is 2. The highest BCUT2D eigenvalue weighted by Gasteiger charge is 2.25. The first-order valence-corrected chi connectivity index (χ1v) is 10.9. The summed E-state index contributed by atoms with van der Waals surface area (Å²) in [5, 5.41) is 0.758. The van der Waals surface area contributed by atoms with E-state index in [0.717, 1.165) is 62.2 Å². The van der Waals surface area contributed by atoms with Crippen LogP contribution in [0.2, 0.25) is 0 Å². The van der Waals surface area contributed by atoms with E-state index in [1.807, 2.05) is 6.07 Å². The molecule has 0 saturated carbocycles. The van der Waals surface area contributed by atoms with Crippen LogP contribution in [0.1, 0.15) is 28.8 Å². The first-order valence-electron chi connectivity index (χ1n) is 10.0. The van der Waals surface area contributed by atoms with Gasteiger partial charge in [0, 0.05) is 37.6 Å². The fourth-order valence-corrected chi connectivity index (χ4v) is 5.62. The smallest absolute Gasteiger partial charge is 0.282 e. The van der Waals surface area contributed by atoms with Crippen LogP contribution in [-0.2, 0) is 19.4 Å². The van der Waals surface area contributed by atoms with Crippen LogP contribution in [-0.4, -0.2) is 40.7 Å². The molecular weight excluding hydrogens is 370 g/mol. The second kappa shape index (κ2) is 7.22. The van der Waals surface area contributed by atoms with Gasteiger partial charge in [-0.15, -0.1) is 11.3 Å². The number of nitrogens with zero attached hydrogens (tertiary/aromatic N) is 4. The minimum Gasteiger partial charge on any atom is -0.338 e. The van der Waals surface area contributed by atoms with Crippen LogP contribution in [0, 0.1) is 0 Å². The minimum atomic E-state index is -0.0916. The zero-order valence-electron chi connectivity index (χ0n) is 15.9. The molecule has 2 aliphatic rings. The van der Waals surface area contributed by atoms with Gasteiger partial charge in [0.2, 0.25) is 5.95 Å². The van der Waals surface area contributed by atoms with Crippen LogP contribution < -0.4 is 16.3 Å². The number of anilines is 1. The van der Waals surface area contributed by atoms with E-state index in [1.54, 1.807) is 11.3 Å². The van der Waals surface area contributed by atoms with E-state index < -0.39 is 0 Å². The topological polar surface area (TPSA) is 67.4 Å². The molecule has 7 heteroatoms. The lowest BCUT2D eigenvalue weighted by molar-refractivity contribution is 0.248. The zero-order chi connectivity index (χ0) is 19.1. The molecule has 2 N–H and O–H groups in total. The lowest BCUT2D eigenvalue weighted by atomic mass is 9.97. The van der Waals surface area contributed by atoms with Gasteiger partial charge in [0.05, 0.1) is 5.39 Å². The molecular formula is C21H25N5OS. The lowest BCUT2D eigenvalue weighted by Crippen LogP contribution is -2.48. The summed E-state index contributed by atoms with van der Waals surface area (Å²) in [6, 6.07) is 10.5. The molecule has 5 rings (SSSR count). The van der Waals surface area contributed by atoms with E-state index in [0.29, 0.717) is 5.95 Å². The van der Waals surface area contributed by atoms with Crippen LogP contribution >= 0.6 is 11.3 Å². The third-order valence-corrected chi connectivity index (χ3v) is 7.09. The molecule has 6 nitrogen and oxygen atoms in total. The van der Waals surface area contributed by atoms with E-state index >= 15 is 0 Å². The Labute approximate surface area is 168 Å². The summed E-state index contributed by atoms with van der Waals surface area (Å²) >= 11 is 1.69. The Morgan fingerprint density at radius 1 is 1.04 bits per heavy atom. The van der Waals surface area contributed by atoms with E-state index in [2.05, 4.69) is 34.1 Å². The predicted molar refractivity (Wildman–Crippen MR) is 115 cm³/mol. The van der Waals surface area contributed by atoms with Crippen molar-refractivity contribution in [1.82, 2.24) is 14.6 Å². The van der Waals surface area contributed by atoms with Gasteiger partial charge in [0.25, 0.3) is 5.56 Å². The second-order valence-electron chi connectivity index (χ2n) is 7.73. The molecule has 1 saturated heterocycles. The van der Waals surface area contributed by atoms with E-state index in [-0.39, 0.29) is 5.56 Å². The number of nitrogens with two attached hydrogens (primary N) is 1. The molecule has 1 fully saturated rings. The molecule has 0 unspecified atom stereocenters. The number of fused-ring (bicyclic) bond motifs is 3. The number of aryl methyl sites for hydroxylation is 2. The highest BCUT2D eigenvalue weighted by molar-refractivity contribution is 7.18. The highest BCUT2D eigenvalue weighted by atomic mass is 32.1. The fourth-order valence-electron chi connectivity index (χ4n) is 4.38. The number of hydrogen-bond donors (Lipinski definition) is 1. The number of thiophene rings is 1. The van der Waals surface area contributed by atoms with Crippen LogP contribution in [0.3, 0.4) is 0 Å². The lowest BCUT2D eigenvalue weighted by Gasteiger charge is -2.35. The predicted octanol–water partition coefficient (Wildman–Crippen LogP) is 2.37. The summed E-state index contributed by atoms with van der Waals surface area (Å²) in [5.41, 5.74) is 2.43. The Morgan fingerprint density at radius 3 is 2.57 bits per heavy atom. The van der Waals surface area contributed by atoms with Crippen LogP contribution in [0.15, 0.2) is 35.1 Å². The second-order valence-corrected chi connectivity index (χ2v) is 8.81. The first-order chi connectivity index (χ1) is 13.7. The third kappa shape index (κ3) is 3.08. The maximum absolute atomic E-state index is 13.0. The molecule has 0 spiro atoms. The number of piperazine rings is 1. The Hall–Kier alpha value is -2.38. The van der Waals surface area contributed by atoms with Gasteiger partial charge in [-0.05, 0) is 36.8 Å². The number of rotatable bonds is 3. The van der Waals surface area contributed by atoms with Crippen LogP contribution in [0.25, 0.3) is 10.2 Å². The van der Waals surface area contributed by atoms with Crippen molar-refractivity contribution in [3.63, 3.8) is 0 Å². The van der Waals surface area contributed by atoms with E-state index in [1.165, 1.54) is 27.1 Å². The summed E-state index contributed by atoms with van der Waals surface area (Å²) in [7, 11) is 0. The van der Waals surface area contributed by atoms with Gasteiger partial charge in [0.1, 0.15) is 4.83 Å². The summed E-state index contributed by atoms with van der Waals surface area (Å²) in [6.07, 6.45) is 4.39. The van der Waals surface area contributed by atoms with Gasteiger partial charge < -0.3 is 10.7 Å².